The second-order valence-electron chi connectivity index (χ2n) is 13.2. The van der Waals surface area contributed by atoms with Crippen LogP contribution in [-0.4, -0.2) is 9.97 Å². The molecule has 0 amide bonds. The van der Waals surface area contributed by atoms with Crippen molar-refractivity contribution in [1.29, 1.82) is 0 Å². The molecule has 10 aromatic rings. The third-order valence-corrected chi connectivity index (χ3v) is 10.5. The molecule has 3 heterocycles. The van der Waals surface area contributed by atoms with Crippen molar-refractivity contribution in [2.24, 2.45) is 0 Å². The van der Waals surface area contributed by atoms with Gasteiger partial charge in [-0.3, -0.25) is 0 Å². The molecule has 0 saturated heterocycles. The zero-order valence-corrected chi connectivity index (χ0v) is 26.5. The minimum absolute atomic E-state index is 0.0321. The average molecular weight is 629 g/mol. The molecular weight excluding hydrogens is 601 g/mol. The van der Waals surface area contributed by atoms with Crippen LogP contribution in [0, 0.1) is 0 Å². The van der Waals surface area contributed by atoms with Crippen LogP contribution in [-0.2, 0) is 6.42 Å². The van der Waals surface area contributed by atoms with Crippen LogP contribution in [0.3, 0.4) is 0 Å². The molecule has 0 radical (unpaired) electrons. The third-order valence-electron chi connectivity index (χ3n) is 10.5. The zero-order valence-electron chi connectivity index (χ0n) is 26.5. The molecule has 3 aromatic heterocycles. The van der Waals surface area contributed by atoms with Crippen molar-refractivity contribution in [3.8, 4) is 22.4 Å². The van der Waals surface area contributed by atoms with E-state index in [1.807, 2.05) is 30.3 Å². The summed E-state index contributed by atoms with van der Waals surface area (Å²) >= 11 is 0. The Morgan fingerprint density at radius 2 is 1.22 bits per heavy atom. The van der Waals surface area contributed by atoms with Crippen LogP contribution < -0.4 is 0 Å². The number of nitrogens with zero attached hydrogens (tertiary/aromatic N) is 2. The summed E-state index contributed by atoms with van der Waals surface area (Å²) in [6, 6.07) is 49.5. The third kappa shape index (κ3) is 3.92. The molecule has 49 heavy (non-hydrogen) atoms. The van der Waals surface area contributed by atoms with Gasteiger partial charge in [-0.2, -0.15) is 0 Å². The number of furan rings is 2. The number of hydrogen-bond acceptors (Lipinski definition) is 4. The largest absolute Gasteiger partial charge is 0.455 e. The molecule has 0 N–H and O–H groups in total. The van der Waals surface area contributed by atoms with Crippen LogP contribution in [0.15, 0.2) is 148 Å². The van der Waals surface area contributed by atoms with E-state index in [0.29, 0.717) is 5.71 Å². The normalized spacial score (nSPS) is 14.6. The molecule has 4 heteroatoms. The molecular formula is C45H28N2O2. The fourth-order valence-electron chi connectivity index (χ4n) is 8.26. The highest BCUT2D eigenvalue weighted by molar-refractivity contribution is 6.10. The zero-order chi connectivity index (χ0) is 32.1. The van der Waals surface area contributed by atoms with Gasteiger partial charge in [0.25, 0.3) is 0 Å². The van der Waals surface area contributed by atoms with Gasteiger partial charge in [-0.15, -0.1) is 0 Å². The molecule has 0 aliphatic heterocycles. The van der Waals surface area contributed by atoms with E-state index in [1.165, 1.54) is 43.8 Å². The molecule has 0 spiro atoms. The topological polar surface area (TPSA) is 52.1 Å². The summed E-state index contributed by atoms with van der Waals surface area (Å²) in [6.45, 7) is 0. The summed E-state index contributed by atoms with van der Waals surface area (Å²) in [7, 11) is 0. The number of para-hydroxylation sites is 3. The SMILES string of the molecule is c1ccc2cc3c(cc2c1)CCC(c1nc2c(nc1-c1cccc4c1oc1ccccc14)oc1ccccc12)c1ccc2ccccc2c1-3. The number of fused-ring (bicyclic) bond motifs is 12. The van der Waals surface area contributed by atoms with E-state index in [1.54, 1.807) is 0 Å². The lowest BCUT2D eigenvalue weighted by molar-refractivity contribution is 0.648. The first-order valence-corrected chi connectivity index (χ1v) is 16.9. The van der Waals surface area contributed by atoms with Crippen LogP contribution >= 0.6 is 0 Å². The molecule has 230 valence electrons. The van der Waals surface area contributed by atoms with Crippen molar-refractivity contribution < 1.29 is 8.83 Å². The van der Waals surface area contributed by atoms with Gasteiger partial charge in [0.1, 0.15) is 28.0 Å². The molecule has 1 atom stereocenters. The molecule has 1 aliphatic carbocycles. The fourth-order valence-corrected chi connectivity index (χ4v) is 8.26. The molecule has 1 aliphatic rings. The first-order valence-electron chi connectivity index (χ1n) is 16.9. The van der Waals surface area contributed by atoms with E-state index < -0.39 is 0 Å². The number of aryl methyl sites for hydroxylation is 1. The van der Waals surface area contributed by atoms with Gasteiger partial charge in [-0.05, 0) is 87.0 Å². The Bertz CT molecular complexity index is 2970. The highest BCUT2D eigenvalue weighted by Crippen LogP contribution is 2.48. The van der Waals surface area contributed by atoms with Crippen molar-refractivity contribution in [3.05, 3.63) is 156 Å². The van der Waals surface area contributed by atoms with Gasteiger partial charge >= 0.3 is 0 Å². The van der Waals surface area contributed by atoms with E-state index in [-0.39, 0.29) is 5.92 Å². The summed E-state index contributed by atoms with van der Waals surface area (Å²) in [5.74, 6) is -0.0321. The standard InChI is InChI=1S/C45H28N2O2/c1-2-12-28-25-37-29(24-27(28)11-1)21-23-33(32-22-20-26-10-3-4-13-30(26)40(32)37)41-42(47-45-43(46-41)35-15-6-8-19-39(35)49-45)36-17-9-16-34-31-14-5-7-18-38(31)48-44(34)36/h1-20,22,24-25,33H,21,23H2. The Kier molecular flexibility index (Phi) is 5.53. The Morgan fingerprint density at radius 3 is 2.08 bits per heavy atom. The minimum atomic E-state index is -0.0321. The smallest absolute Gasteiger partial charge is 0.246 e. The Morgan fingerprint density at radius 1 is 0.531 bits per heavy atom. The summed E-state index contributed by atoms with van der Waals surface area (Å²) in [4.78, 5) is 10.9. The van der Waals surface area contributed by atoms with E-state index in [9.17, 15) is 0 Å². The Labute approximate surface area is 281 Å². The summed E-state index contributed by atoms with van der Waals surface area (Å²) in [5, 5.41) is 8.14. The quantitative estimate of drug-likeness (QED) is 0.191. The van der Waals surface area contributed by atoms with Gasteiger partial charge in [-0.1, -0.05) is 109 Å². The predicted octanol–water partition coefficient (Wildman–Crippen LogP) is 12.0. The van der Waals surface area contributed by atoms with Gasteiger partial charge < -0.3 is 8.83 Å². The van der Waals surface area contributed by atoms with Gasteiger partial charge in [0.2, 0.25) is 5.71 Å². The number of benzene rings is 7. The molecule has 1 unspecified atom stereocenters. The van der Waals surface area contributed by atoms with Crippen molar-refractivity contribution in [1.82, 2.24) is 9.97 Å². The van der Waals surface area contributed by atoms with Crippen LogP contribution in [0.4, 0.5) is 0 Å². The maximum Gasteiger partial charge on any atom is 0.246 e. The van der Waals surface area contributed by atoms with E-state index in [0.717, 1.165) is 68.2 Å². The lowest BCUT2D eigenvalue weighted by Crippen LogP contribution is -2.09. The molecule has 7 aromatic carbocycles. The minimum Gasteiger partial charge on any atom is -0.455 e. The highest BCUT2D eigenvalue weighted by atomic mass is 16.3. The maximum atomic E-state index is 6.60. The summed E-state index contributed by atoms with van der Waals surface area (Å²) in [6.07, 6.45) is 1.80. The van der Waals surface area contributed by atoms with Crippen molar-refractivity contribution >= 4 is 65.7 Å². The van der Waals surface area contributed by atoms with Gasteiger partial charge in [0.15, 0.2) is 0 Å². The number of rotatable bonds is 2. The first-order chi connectivity index (χ1) is 24.3. The highest BCUT2D eigenvalue weighted by Gasteiger charge is 2.31. The van der Waals surface area contributed by atoms with Crippen LogP contribution in [0.5, 0.6) is 0 Å². The van der Waals surface area contributed by atoms with E-state index in [2.05, 4.69) is 109 Å². The predicted molar refractivity (Wildman–Crippen MR) is 199 cm³/mol. The van der Waals surface area contributed by atoms with Crippen LogP contribution in [0.25, 0.3) is 88.1 Å². The molecule has 0 fully saturated rings. The first kappa shape index (κ1) is 26.8. The van der Waals surface area contributed by atoms with Crippen molar-refractivity contribution in [2.45, 2.75) is 18.8 Å². The fraction of sp³-hybridized carbons (Fsp3) is 0.0667. The number of aromatic nitrogens is 2. The second-order valence-corrected chi connectivity index (χ2v) is 13.2. The monoisotopic (exact) mass is 628 g/mol. The van der Waals surface area contributed by atoms with Crippen molar-refractivity contribution in [2.75, 3.05) is 0 Å². The van der Waals surface area contributed by atoms with Crippen LogP contribution in [0.1, 0.15) is 29.2 Å². The molecule has 4 nitrogen and oxygen atoms in total. The Balaban J connectivity index is 1.25. The molecule has 0 bridgehead atoms. The Hall–Kier alpha value is -6.26. The van der Waals surface area contributed by atoms with Crippen molar-refractivity contribution in [3.63, 3.8) is 0 Å². The second kappa shape index (κ2) is 10.1. The lowest BCUT2D eigenvalue weighted by Gasteiger charge is -2.21. The number of hydrogen-bond donors (Lipinski definition) is 0. The van der Waals surface area contributed by atoms with Crippen LogP contribution in [0.2, 0.25) is 0 Å². The summed E-state index contributed by atoms with van der Waals surface area (Å²) in [5.41, 5.74) is 11.7. The average Bonchev–Trinajstić information content (AvgIpc) is 3.67. The summed E-state index contributed by atoms with van der Waals surface area (Å²) < 4.78 is 13.0. The van der Waals surface area contributed by atoms with Gasteiger partial charge in [0, 0.05) is 27.6 Å². The molecule has 11 rings (SSSR count). The van der Waals surface area contributed by atoms with Gasteiger partial charge in [0.05, 0.1) is 5.69 Å². The maximum absolute atomic E-state index is 6.60. The lowest BCUT2D eigenvalue weighted by atomic mass is 9.84. The van der Waals surface area contributed by atoms with E-state index in [4.69, 9.17) is 18.8 Å². The molecule has 0 saturated carbocycles. The van der Waals surface area contributed by atoms with E-state index >= 15 is 0 Å². The van der Waals surface area contributed by atoms with Gasteiger partial charge in [-0.25, -0.2) is 9.97 Å².